The Morgan fingerprint density at radius 1 is 1.47 bits per heavy atom. The number of hydrogen-bond acceptors (Lipinski definition) is 3. The van der Waals surface area contributed by atoms with Crippen LogP contribution in [-0.2, 0) is 4.74 Å². The van der Waals surface area contributed by atoms with Crippen LogP contribution in [0.15, 0.2) is 0 Å². The maximum Gasteiger partial charge on any atom is 0.409 e. The van der Waals surface area contributed by atoms with Gasteiger partial charge in [0, 0.05) is 6.54 Å². The molecule has 90 valence electrons. The second-order valence-electron chi connectivity index (χ2n) is 3.80. The van der Waals surface area contributed by atoms with E-state index in [0.717, 1.165) is 12.8 Å². The van der Waals surface area contributed by atoms with Gasteiger partial charge >= 0.3 is 6.09 Å². The van der Waals surface area contributed by atoms with Crippen LogP contribution in [0.25, 0.3) is 0 Å². The molecule has 0 saturated carbocycles. The number of ether oxygens (including phenoxy) is 1. The maximum absolute atomic E-state index is 11.1. The van der Waals surface area contributed by atoms with Gasteiger partial charge in [-0.25, -0.2) is 4.79 Å². The summed E-state index contributed by atoms with van der Waals surface area (Å²) in [6.07, 6.45) is 2.96. The third kappa shape index (κ3) is 8.24. The summed E-state index contributed by atoms with van der Waals surface area (Å²) < 4.78 is 4.56. The highest BCUT2D eigenvalue weighted by molar-refractivity contribution is 5.67. The first kappa shape index (κ1) is 14.2. The lowest BCUT2D eigenvalue weighted by Gasteiger charge is -2.15. The number of carbonyl (C=O) groups excluding carboxylic acids is 1. The zero-order valence-corrected chi connectivity index (χ0v) is 9.95. The molecule has 4 heteroatoms. The Balaban J connectivity index is 3.65. The summed E-state index contributed by atoms with van der Waals surface area (Å²) >= 11 is 0. The number of aliphatic hydroxyl groups is 1. The zero-order chi connectivity index (χ0) is 11.7. The Morgan fingerprint density at radius 3 is 2.60 bits per heavy atom. The second kappa shape index (κ2) is 8.53. The Hall–Kier alpha value is -0.770. The van der Waals surface area contributed by atoms with E-state index in [1.807, 2.05) is 0 Å². The van der Waals surface area contributed by atoms with Crippen LogP contribution in [0.5, 0.6) is 0 Å². The molecule has 0 aliphatic heterocycles. The third-order valence-corrected chi connectivity index (χ3v) is 2.36. The number of hydrogen-bond donors (Lipinski definition) is 2. The predicted octanol–water partition coefficient (Wildman–Crippen LogP) is 2.27. The van der Waals surface area contributed by atoms with Crippen molar-refractivity contribution in [3.05, 3.63) is 0 Å². The molecule has 0 bridgehead atoms. The van der Waals surface area contributed by atoms with Crippen molar-refractivity contribution in [1.82, 2.24) is 5.32 Å². The lowest BCUT2D eigenvalue weighted by molar-refractivity contribution is -0.0374. The summed E-state index contributed by atoms with van der Waals surface area (Å²) in [4.78, 5) is 11.1. The van der Waals surface area contributed by atoms with E-state index in [9.17, 15) is 4.79 Å². The van der Waals surface area contributed by atoms with Crippen LogP contribution in [-0.4, -0.2) is 24.0 Å². The van der Waals surface area contributed by atoms with Gasteiger partial charge in [-0.3, -0.25) is 0 Å². The van der Waals surface area contributed by atoms with Gasteiger partial charge in [-0.2, -0.15) is 0 Å². The molecule has 15 heavy (non-hydrogen) atoms. The molecule has 1 amide bonds. The van der Waals surface area contributed by atoms with E-state index in [2.05, 4.69) is 23.9 Å². The Bertz CT molecular complexity index is 171. The molecule has 0 aromatic rings. The summed E-state index contributed by atoms with van der Waals surface area (Å²) in [7, 11) is 0. The minimum atomic E-state index is -1.04. The summed E-state index contributed by atoms with van der Waals surface area (Å²) in [6.45, 7) is 6.31. The maximum atomic E-state index is 11.1. The van der Waals surface area contributed by atoms with Crippen LogP contribution in [0, 0.1) is 5.92 Å². The highest BCUT2D eigenvalue weighted by atomic mass is 16.6. The lowest BCUT2D eigenvalue weighted by Crippen LogP contribution is -2.31. The number of amides is 1. The number of carbonyl (C=O) groups is 1. The number of unbranched alkanes of at least 4 members (excludes halogenated alkanes) is 1. The first-order valence-electron chi connectivity index (χ1n) is 5.72. The zero-order valence-electron chi connectivity index (χ0n) is 9.95. The molecule has 0 saturated heterocycles. The van der Waals surface area contributed by atoms with Gasteiger partial charge in [-0.05, 0) is 19.3 Å². The highest BCUT2D eigenvalue weighted by Crippen LogP contribution is 2.11. The lowest BCUT2D eigenvalue weighted by atomic mass is 10.00. The van der Waals surface area contributed by atoms with Crippen LogP contribution in [0.1, 0.15) is 46.5 Å². The topological polar surface area (TPSA) is 58.6 Å². The molecule has 4 nitrogen and oxygen atoms in total. The van der Waals surface area contributed by atoms with Gasteiger partial charge in [0.2, 0.25) is 0 Å². The minimum Gasteiger partial charge on any atom is -0.420 e. The van der Waals surface area contributed by atoms with Gasteiger partial charge in [0.15, 0.2) is 6.29 Å². The van der Waals surface area contributed by atoms with E-state index in [1.165, 1.54) is 19.8 Å². The molecule has 2 unspecified atom stereocenters. The van der Waals surface area contributed by atoms with Gasteiger partial charge in [-0.1, -0.05) is 33.1 Å². The molecule has 0 rings (SSSR count). The average molecular weight is 217 g/mol. The smallest absolute Gasteiger partial charge is 0.409 e. The SMILES string of the molecule is CCCCC(CC)CNC(=O)OC(C)O. The van der Waals surface area contributed by atoms with Crippen LogP contribution in [0.3, 0.4) is 0 Å². The molecule has 0 aromatic heterocycles. The molecule has 2 atom stereocenters. The molecule has 0 fully saturated rings. The van der Waals surface area contributed by atoms with Crippen molar-refractivity contribution >= 4 is 6.09 Å². The first-order valence-corrected chi connectivity index (χ1v) is 5.72. The standard InChI is InChI=1S/C11H23NO3/c1-4-6-7-10(5-2)8-12-11(14)15-9(3)13/h9-10,13H,4-8H2,1-3H3,(H,12,14). The predicted molar refractivity (Wildman–Crippen MR) is 59.5 cm³/mol. The van der Waals surface area contributed by atoms with Crippen LogP contribution in [0.4, 0.5) is 4.79 Å². The van der Waals surface area contributed by atoms with Crippen molar-refractivity contribution in [2.45, 2.75) is 52.7 Å². The van der Waals surface area contributed by atoms with Crippen molar-refractivity contribution in [3.63, 3.8) is 0 Å². The van der Waals surface area contributed by atoms with Crippen molar-refractivity contribution in [2.75, 3.05) is 6.54 Å². The number of alkyl carbamates (subject to hydrolysis) is 1. The normalized spacial score (nSPS) is 14.4. The summed E-state index contributed by atoms with van der Waals surface area (Å²) in [6, 6.07) is 0. The molecule has 0 aliphatic carbocycles. The highest BCUT2D eigenvalue weighted by Gasteiger charge is 2.09. The van der Waals surface area contributed by atoms with E-state index >= 15 is 0 Å². The molecular weight excluding hydrogens is 194 g/mol. The fraction of sp³-hybridized carbons (Fsp3) is 0.909. The Morgan fingerprint density at radius 2 is 2.13 bits per heavy atom. The molecule has 0 aromatic carbocycles. The van der Waals surface area contributed by atoms with Gasteiger partial charge in [0.05, 0.1) is 0 Å². The average Bonchev–Trinajstić information content (AvgIpc) is 2.17. The molecule has 0 radical (unpaired) electrons. The monoisotopic (exact) mass is 217 g/mol. The van der Waals surface area contributed by atoms with Gasteiger partial charge in [0.25, 0.3) is 0 Å². The van der Waals surface area contributed by atoms with E-state index in [4.69, 9.17) is 5.11 Å². The van der Waals surface area contributed by atoms with E-state index in [1.54, 1.807) is 0 Å². The van der Waals surface area contributed by atoms with E-state index in [-0.39, 0.29) is 0 Å². The molecule has 0 spiro atoms. The van der Waals surface area contributed by atoms with Crippen molar-refractivity contribution in [3.8, 4) is 0 Å². The van der Waals surface area contributed by atoms with Gasteiger partial charge < -0.3 is 15.2 Å². The fourth-order valence-electron chi connectivity index (χ4n) is 1.37. The van der Waals surface area contributed by atoms with E-state index < -0.39 is 12.4 Å². The number of rotatable bonds is 7. The molecule has 2 N–H and O–H groups in total. The summed E-state index contributed by atoms with van der Waals surface area (Å²) in [5, 5.41) is 11.5. The molecule has 0 heterocycles. The van der Waals surface area contributed by atoms with Crippen molar-refractivity contribution in [2.24, 2.45) is 5.92 Å². The van der Waals surface area contributed by atoms with Crippen molar-refractivity contribution < 1.29 is 14.6 Å². The van der Waals surface area contributed by atoms with Crippen molar-refractivity contribution in [1.29, 1.82) is 0 Å². The van der Waals surface area contributed by atoms with Crippen LogP contribution < -0.4 is 5.32 Å². The van der Waals surface area contributed by atoms with Crippen LogP contribution in [0.2, 0.25) is 0 Å². The third-order valence-electron chi connectivity index (χ3n) is 2.36. The number of nitrogens with one attached hydrogen (secondary N) is 1. The quantitative estimate of drug-likeness (QED) is 0.643. The minimum absolute atomic E-state index is 0.506. The summed E-state index contributed by atoms with van der Waals surface area (Å²) in [5.74, 6) is 0.506. The Labute approximate surface area is 92.0 Å². The molecule has 0 aliphatic rings. The van der Waals surface area contributed by atoms with Gasteiger partial charge in [0.1, 0.15) is 0 Å². The second-order valence-corrected chi connectivity index (χ2v) is 3.80. The van der Waals surface area contributed by atoms with Crippen LogP contribution >= 0.6 is 0 Å². The largest absolute Gasteiger partial charge is 0.420 e. The Kier molecular flexibility index (Phi) is 8.09. The fourth-order valence-corrected chi connectivity index (χ4v) is 1.37. The molecular formula is C11H23NO3. The van der Waals surface area contributed by atoms with E-state index in [0.29, 0.717) is 12.5 Å². The van der Waals surface area contributed by atoms with Gasteiger partial charge in [-0.15, -0.1) is 0 Å². The first-order chi connectivity index (χ1) is 7.10. The summed E-state index contributed by atoms with van der Waals surface area (Å²) in [5.41, 5.74) is 0. The number of aliphatic hydroxyl groups excluding tert-OH is 1.